The Labute approximate surface area is 107 Å². The van der Waals surface area contributed by atoms with Gasteiger partial charge in [-0.05, 0) is 25.1 Å². The van der Waals surface area contributed by atoms with E-state index in [4.69, 9.17) is 16.3 Å². The van der Waals surface area contributed by atoms with E-state index in [0.717, 1.165) is 11.0 Å². The van der Waals surface area contributed by atoms with Crippen LogP contribution in [-0.2, 0) is 6.54 Å². The molecule has 0 unspecified atom stereocenters. The smallest absolute Gasteiger partial charge is 0.301 e. The van der Waals surface area contributed by atoms with E-state index >= 15 is 0 Å². The van der Waals surface area contributed by atoms with E-state index in [1.807, 2.05) is 29.8 Å². The van der Waals surface area contributed by atoms with Crippen LogP contribution in [0.4, 0.5) is 0 Å². The Morgan fingerprint density at radius 3 is 3.06 bits per heavy atom. The van der Waals surface area contributed by atoms with Gasteiger partial charge in [0, 0.05) is 23.4 Å². The molecule has 3 nitrogen and oxygen atoms in total. The number of imidazole rings is 1. The summed E-state index contributed by atoms with van der Waals surface area (Å²) in [4.78, 5) is 4.12. The molecule has 0 aliphatic carbocycles. The molecule has 0 aliphatic heterocycles. The second-order valence-electron chi connectivity index (χ2n) is 3.17. The lowest BCUT2D eigenvalue weighted by Crippen LogP contribution is -1.97. The number of hydrogen-bond acceptors (Lipinski definition) is 2. The zero-order chi connectivity index (χ0) is 11.5. The average molecular weight is 302 g/mol. The summed E-state index contributed by atoms with van der Waals surface area (Å²) in [6.45, 7) is 2.83. The zero-order valence-electron chi connectivity index (χ0n) is 8.65. The van der Waals surface area contributed by atoms with E-state index in [9.17, 15) is 0 Å². The highest BCUT2D eigenvalue weighted by Crippen LogP contribution is 2.31. The quantitative estimate of drug-likeness (QED) is 0.853. The molecule has 0 saturated carbocycles. The van der Waals surface area contributed by atoms with E-state index in [0.29, 0.717) is 16.8 Å². The monoisotopic (exact) mass is 300 g/mol. The molecule has 2 aromatic rings. The number of ether oxygens (including phenoxy) is 1. The standard InChI is InChI=1S/C11H10BrClN2O/c1-2-15-6-5-14-11(15)16-10-7-8(12)3-4-9(10)13/h3-7H,2H2,1H3. The average Bonchev–Trinajstić information content (AvgIpc) is 2.71. The molecular formula is C11H10BrClN2O. The Balaban J connectivity index is 2.30. The summed E-state index contributed by atoms with van der Waals surface area (Å²) in [6.07, 6.45) is 3.56. The van der Waals surface area contributed by atoms with Crippen LogP contribution >= 0.6 is 27.5 Å². The molecule has 0 spiro atoms. The number of hydrogen-bond donors (Lipinski definition) is 0. The Bertz CT molecular complexity index is 498. The molecule has 84 valence electrons. The number of aromatic nitrogens is 2. The number of halogens is 2. The molecule has 0 atom stereocenters. The fraction of sp³-hybridized carbons (Fsp3) is 0.182. The van der Waals surface area contributed by atoms with Crippen molar-refractivity contribution in [2.24, 2.45) is 0 Å². The van der Waals surface area contributed by atoms with Crippen molar-refractivity contribution in [2.75, 3.05) is 0 Å². The zero-order valence-corrected chi connectivity index (χ0v) is 11.0. The Morgan fingerprint density at radius 1 is 1.50 bits per heavy atom. The molecule has 0 saturated heterocycles. The van der Waals surface area contributed by atoms with Crippen molar-refractivity contribution in [3.05, 3.63) is 40.1 Å². The van der Waals surface area contributed by atoms with Crippen LogP contribution in [0.5, 0.6) is 11.8 Å². The fourth-order valence-corrected chi connectivity index (χ4v) is 1.79. The number of rotatable bonds is 3. The van der Waals surface area contributed by atoms with Crippen LogP contribution in [0.15, 0.2) is 35.1 Å². The first-order chi connectivity index (χ1) is 7.70. The van der Waals surface area contributed by atoms with Crippen molar-refractivity contribution in [2.45, 2.75) is 13.5 Å². The first kappa shape index (κ1) is 11.5. The van der Waals surface area contributed by atoms with Crippen molar-refractivity contribution in [3.8, 4) is 11.8 Å². The van der Waals surface area contributed by atoms with Gasteiger partial charge in [0.2, 0.25) is 0 Å². The number of benzene rings is 1. The topological polar surface area (TPSA) is 27.1 Å². The minimum atomic E-state index is 0.544. The molecule has 1 heterocycles. The van der Waals surface area contributed by atoms with Crippen LogP contribution in [0.2, 0.25) is 5.02 Å². The van der Waals surface area contributed by atoms with Crippen LogP contribution in [0.25, 0.3) is 0 Å². The molecule has 0 radical (unpaired) electrons. The molecule has 1 aromatic carbocycles. The summed E-state index contributed by atoms with van der Waals surface area (Å²) >= 11 is 9.40. The molecule has 0 bridgehead atoms. The van der Waals surface area contributed by atoms with Gasteiger partial charge in [-0.15, -0.1) is 0 Å². The third kappa shape index (κ3) is 2.39. The summed E-state index contributed by atoms with van der Waals surface area (Å²) < 4.78 is 8.46. The minimum Gasteiger partial charge on any atom is -0.424 e. The summed E-state index contributed by atoms with van der Waals surface area (Å²) in [5.41, 5.74) is 0. The maximum absolute atomic E-state index is 6.03. The summed E-state index contributed by atoms with van der Waals surface area (Å²) in [5.74, 6) is 0.594. The largest absolute Gasteiger partial charge is 0.424 e. The van der Waals surface area contributed by atoms with Crippen molar-refractivity contribution in [1.82, 2.24) is 9.55 Å². The van der Waals surface area contributed by atoms with Crippen molar-refractivity contribution in [3.63, 3.8) is 0 Å². The maximum atomic E-state index is 6.03. The minimum absolute atomic E-state index is 0.544. The third-order valence-electron chi connectivity index (χ3n) is 2.11. The first-order valence-corrected chi connectivity index (χ1v) is 6.02. The molecule has 0 fully saturated rings. The van der Waals surface area contributed by atoms with E-state index in [-0.39, 0.29) is 0 Å². The molecule has 16 heavy (non-hydrogen) atoms. The van der Waals surface area contributed by atoms with Crippen LogP contribution in [-0.4, -0.2) is 9.55 Å². The van der Waals surface area contributed by atoms with Gasteiger partial charge in [-0.3, -0.25) is 0 Å². The summed E-state index contributed by atoms with van der Waals surface area (Å²) in [5, 5.41) is 0.564. The molecule has 0 amide bonds. The molecular weight excluding hydrogens is 291 g/mol. The second-order valence-corrected chi connectivity index (χ2v) is 4.50. The first-order valence-electron chi connectivity index (χ1n) is 4.84. The van der Waals surface area contributed by atoms with Gasteiger partial charge in [-0.2, -0.15) is 0 Å². The lowest BCUT2D eigenvalue weighted by atomic mass is 10.3. The lowest BCUT2D eigenvalue weighted by Gasteiger charge is -2.08. The predicted molar refractivity (Wildman–Crippen MR) is 67.1 cm³/mol. The van der Waals surface area contributed by atoms with Gasteiger partial charge in [-0.25, -0.2) is 4.98 Å². The van der Waals surface area contributed by atoms with Gasteiger partial charge in [0.1, 0.15) is 0 Å². The normalized spacial score (nSPS) is 10.4. The van der Waals surface area contributed by atoms with Crippen molar-refractivity contribution < 1.29 is 4.74 Å². The van der Waals surface area contributed by atoms with Crippen molar-refractivity contribution >= 4 is 27.5 Å². The van der Waals surface area contributed by atoms with Gasteiger partial charge in [-0.1, -0.05) is 27.5 Å². The third-order valence-corrected chi connectivity index (χ3v) is 2.92. The van der Waals surface area contributed by atoms with Gasteiger partial charge in [0.15, 0.2) is 5.75 Å². The molecule has 2 rings (SSSR count). The summed E-state index contributed by atoms with van der Waals surface area (Å²) in [6, 6.07) is 6.00. The summed E-state index contributed by atoms with van der Waals surface area (Å²) in [7, 11) is 0. The maximum Gasteiger partial charge on any atom is 0.301 e. The Hall–Kier alpha value is -1.000. The molecule has 0 N–H and O–H groups in total. The lowest BCUT2D eigenvalue weighted by molar-refractivity contribution is 0.415. The van der Waals surface area contributed by atoms with Crippen LogP contribution in [0.1, 0.15) is 6.92 Å². The van der Waals surface area contributed by atoms with E-state index < -0.39 is 0 Å². The van der Waals surface area contributed by atoms with E-state index in [1.165, 1.54) is 0 Å². The second kappa shape index (κ2) is 4.89. The number of nitrogens with zero attached hydrogens (tertiary/aromatic N) is 2. The van der Waals surface area contributed by atoms with Gasteiger partial charge < -0.3 is 9.30 Å². The van der Waals surface area contributed by atoms with Crippen LogP contribution in [0.3, 0.4) is 0 Å². The number of aryl methyl sites for hydroxylation is 1. The highest BCUT2D eigenvalue weighted by molar-refractivity contribution is 9.10. The fourth-order valence-electron chi connectivity index (χ4n) is 1.29. The molecule has 5 heteroatoms. The van der Waals surface area contributed by atoms with Crippen LogP contribution in [0, 0.1) is 0 Å². The van der Waals surface area contributed by atoms with Gasteiger partial charge in [0.25, 0.3) is 0 Å². The van der Waals surface area contributed by atoms with Gasteiger partial charge in [0.05, 0.1) is 5.02 Å². The Morgan fingerprint density at radius 2 is 2.31 bits per heavy atom. The molecule has 1 aromatic heterocycles. The van der Waals surface area contributed by atoms with Gasteiger partial charge >= 0.3 is 6.01 Å². The molecule has 0 aliphatic rings. The van der Waals surface area contributed by atoms with Crippen molar-refractivity contribution in [1.29, 1.82) is 0 Å². The highest BCUT2D eigenvalue weighted by Gasteiger charge is 2.07. The van der Waals surface area contributed by atoms with Crippen LogP contribution < -0.4 is 4.74 Å². The van der Waals surface area contributed by atoms with E-state index in [2.05, 4.69) is 20.9 Å². The predicted octanol–water partition coefficient (Wildman–Crippen LogP) is 4.11. The van der Waals surface area contributed by atoms with E-state index in [1.54, 1.807) is 12.3 Å². The Kier molecular flexibility index (Phi) is 3.51. The SMILES string of the molecule is CCn1ccnc1Oc1cc(Br)ccc1Cl. The highest BCUT2D eigenvalue weighted by atomic mass is 79.9.